The first-order chi connectivity index (χ1) is 12.4. The molecule has 0 atom stereocenters. The van der Waals surface area contributed by atoms with Gasteiger partial charge in [0.05, 0.1) is 27.7 Å². The van der Waals surface area contributed by atoms with Crippen LogP contribution in [-0.2, 0) is 16.6 Å². The molecule has 0 aliphatic carbocycles. The van der Waals surface area contributed by atoms with Crippen molar-refractivity contribution in [3.8, 4) is 11.5 Å². The van der Waals surface area contributed by atoms with Crippen LogP contribution in [0.25, 0.3) is 11.5 Å². The van der Waals surface area contributed by atoms with Gasteiger partial charge in [-0.15, -0.1) is 0 Å². The van der Waals surface area contributed by atoms with Crippen LogP contribution in [0.2, 0.25) is 10.0 Å². The number of furan rings is 1. The zero-order chi connectivity index (χ0) is 18.7. The minimum Gasteiger partial charge on any atom is -0.463 e. The van der Waals surface area contributed by atoms with Gasteiger partial charge in [0.15, 0.2) is 5.76 Å². The largest absolute Gasteiger partial charge is 0.463 e. The van der Waals surface area contributed by atoms with E-state index in [0.29, 0.717) is 11.5 Å². The number of rotatable bonds is 6. The van der Waals surface area contributed by atoms with Gasteiger partial charge in [-0.25, -0.2) is 17.8 Å². The van der Waals surface area contributed by atoms with Crippen molar-refractivity contribution >= 4 is 33.2 Å². The van der Waals surface area contributed by atoms with Crippen LogP contribution in [0.1, 0.15) is 0 Å². The number of nitrogens with one attached hydrogen (secondary N) is 1. The fourth-order valence-electron chi connectivity index (χ4n) is 2.18. The van der Waals surface area contributed by atoms with Crippen molar-refractivity contribution in [1.82, 2.24) is 14.5 Å². The lowest BCUT2D eigenvalue weighted by atomic mass is 10.3. The zero-order valence-electron chi connectivity index (χ0n) is 13.2. The first-order valence-corrected chi connectivity index (χ1v) is 9.67. The van der Waals surface area contributed by atoms with Crippen molar-refractivity contribution in [2.45, 2.75) is 11.4 Å². The Kier molecular flexibility index (Phi) is 5.47. The van der Waals surface area contributed by atoms with Gasteiger partial charge < -0.3 is 4.42 Å². The second-order valence-electron chi connectivity index (χ2n) is 5.23. The molecule has 0 aliphatic rings. The van der Waals surface area contributed by atoms with Gasteiger partial charge in [-0.3, -0.25) is 4.79 Å². The molecule has 0 amide bonds. The minimum absolute atomic E-state index is 0.0171. The summed E-state index contributed by atoms with van der Waals surface area (Å²) in [5, 5.41) is 4.57. The molecular formula is C16H13Cl2N3O4S. The third-order valence-corrected chi connectivity index (χ3v) is 5.66. The van der Waals surface area contributed by atoms with E-state index in [1.165, 1.54) is 36.6 Å². The van der Waals surface area contributed by atoms with Crippen molar-refractivity contribution < 1.29 is 12.8 Å². The number of nitrogens with zero attached hydrogens (tertiary/aromatic N) is 2. The van der Waals surface area contributed by atoms with E-state index in [1.54, 1.807) is 12.1 Å². The van der Waals surface area contributed by atoms with Crippen molar-refractivity contribution in [3.05, 3.63) is 69.1 Å². The van der Waals surface area contributed by atoms with Crippen LogP contribution >= 0.6 is 23.2 Å². The van der Waals surface area contributed by atoms with Crippen molar-refractivity contribution in [3.63, 3.8) is 0 Å². The molecule has 0 unspecified atom stereocenters. The van der Waals surface area contributed by atoms with Gasteiger partial charge in [0.25, 0.3) is 5.56 Å². The Hall–Kier alpha value is -2.13. The van der Waals surface area contributed by atoms with E-state index in [-0.39, 0.29) is 33.6 Å². The van der Waals surface area contributed by atoms with E-state index >= 15 is 0 Å². The van der Waals surface area contributed by atoms with Gasteiger partial charge in [0.1, 0.15) is 5.69 Å². The maximum Gasteiger partial charge on any atom is 0.266 e. The normalized spacial score (nSPS) is 11.6. The summed E-state index contributed by atoms with van der Waals surface area (Å²) in [6.07, 6.45) is 1.50. The Morgan fingerprint density at radius 2 is 1.92 bits per heavy atom. The molecule has 1 N–H and O–H groups in total. The second kappa shape index (κ2) is 7.63. The zero-order valence-corrected chi connectivity index (χ0v) is 15.6. The van der Waals surface area contributed by atoms with Crippen molar-refractivity contribution in [2.75, 3.05) is 6.54 Å². The molecule has 0 fully saturated rings. The lowest BCUT2D eigenvalue weighted by molar-refractivity contribution is 0.539. The van der Waals surface area contributed by atoms with Crippen LogP contribution in [0.3, 0.4) is 0 Å². The van der Waals surface area contributed by atoms with Gasteiger partial charge >= 0.3 is 0 Å². The summed E-state index contributed by atoms with van der Waals surface area (Å²) in [4.78, 5) is 11.9. The Morgan fingerprint density at radius 3 is 2.62 bits per heavy atom. The van der Waals surface area contributed by atoms with Gasteiger partial charge in [-0.1, -0.05) is 23.2 Å². The Bertz CT molecular complexity index is 1080. The third-order valence-electron chi connectivity index (χ3n) is 3.46. The molecule has 1 aromatic carbocycles. The van der Waals surface area contributed by atoms with Gasteiger partial charge in [-0.05, 0) is 36.4 Å². The Morgan fingerprint density at radius 1 is 1.12 bits per heavy atom. The summed E-state index contributed by atoms with van der Waals surface area (Å²) in [6.45, 7) is 0.0189. The molecule has 0 bridgehead atoms. The molecule has 2 aromatic heterocycles. The molecule has 136 valence electrons. The topological polar surface area (TPSA) is 94.2 Å². The summed E-state index contributed by atoms with van der Waals surface area (Å²) in [5.41, 5.74) is 0.121. The van der Waals surface area contributed by atoms with Crippen LogP contribution in [0, 0.1) is 0 Å². The van der Waals surface area contributed by atoms with Crippen LogP contribution in [0.15, 0.2) is 62.8 Å². The molecule has 26 heavy (non-hydrogen) atoms. The van der Waals surface area contributed by atoms with Crippen LogP contribution in [0.5, 0.6) is 0 Å². The van der Waals surface area contributed by atoms with Gasteiger partial charge in [0, 0.05) is 12.6 Å². The molecule has 0 saturated carbocycles. The number of aromatic nitrogens is 2. The standard InChI is InChI=1S/C16H13Cl2N3O4S/c17-12-4-3-11(10-13(12)18)26(23,24)19-7-8-21-16(22)6-5-14(20-21)15-2-1-9-25-15/h1-6,9-10,19H,7-8H2. The average molecular weight is 414 g/mol. The maximum atomic E-state index is 12.3. The molecule has 7 nitrogen and oxygen atoms in total. The Labute approximate surface area is 159 Å². The molecule has 10 heteroatoms. The lowest BCUT2D eigenvalue weighted by Crippen LogP contribution is -2.32. The fourth-order valence-corrected chi connectivity index (χ4v) is 3.59. The highest BCUT2D eigenvalue weighted by atomic mass is 35.5. The van der Waals surface area contributed by atoms with Crippen molar-refractivity contribution in [2.24, 2.45) is 0 Å². The number of benzene rings is 1. The first kappa shape index (κ1) is 18.7. The highest BCUT2D eigenvalue weighted by Crippen LogP contribution is 2.24. The number of hydrogen-bond acceptors (Lipinski definition) is 5. The monoisotopic (exact) mass is 413 g/mol. The molecule has 0 spiro atoms. The summed E-state index contributed by atoms with van der Waals surface area (Å²) in [5.74, 6) is 0.509. The molecule has 0 saturated heterocycles. The average Bonchev–Trinajstić information content (AvgIpc) is 3.13. The van der Waals surface area contributed by atoms with Crippen LogP contribution in [-0.4, -0.2) is 24.7 Å². The highest BCUT2D eigenvalue weighted by Gasteiger charge is 2.15. The molecular weight excluding hydrogens is 401 g/mol. The molecule has 3 aromatic rings. The predicted molar refractivity (Wildman–Crippen MR) is 97.8 cm³/mol. The van der Waals surface area contributed by atoms with Crippen LogP contribution in [0.4, 0.5) is 0 Å². The number of halogens is 2. The van der Waals surface area contributed by atoms with Crippen molar-refractivity contribution in [1.29, 1.82) is 0 Å². The second-order valence-corrected chi connectivity index (χ2v) is 7.81. The highest BCUT2D eigenvalue weighted by molar-refractivity contribution is 7.89. The summed E-state index contributed by atoms with van der Waals surface area (Å²) in [7, 11) is -3.79. The minimum atomic E-state index is -3.79. The van der Waals surface area contributed by atoms with E-state index in [0.717, 1.165) is 4.68 Å². The maximum absolute atomic E-state index is 12.3. The predicted octanol–water partition coefficient (Wildman–Crippen LogP) is 2.79. The van der Waals surface area contributed by atoms with E-state index in [2.05, 4.69) is 9.82 Å². The summed E-state index contributed by atoms with van der Waals surface area (Å²) in [6, 6.07) is 10.3. The van der Waals surface area contributed by atoms with Gasteiger partial charge in [-0.2, -0.15) is 5.10 Å². The molecule has 0 aliphatic heterocycles. The van der Waals surface area contributed by atoms with E-state index < -0.39 is 10.0 Å². The smallest absolute Gasteiger partial charge is 0.266 e. The van der Waals surface area contributed by atoms with E-state index in [1.807, 2.05) is 0 Å². The summed E-state index contributed by atoms with van der Waals surface area (Å²) < 4.78 is 33.4. The summed E-state index contributed by atoms with van der Waals surface area (Å²) >= 11 is 11.6. The third kappa shape index (κ3) is 4.16. The number of sulfonamides is 1. The lowest BCUT2D eigenvalue weighted by Gasteiger charge is -2.09. The first-order valence-electron chi connectivity index (χ1n) is 7.43. The molecule has 0 radical (unpaired) electrons. The van der Waals surface area contributed by atoms with Gasteiger partial charge in [0.2, 0.25) is 10.0 Å². The van der Waals surface area contributed by atoms with E-state index in [9.17, 15) is 13.2 Å². The van der Waals surface area contributed by atoms with Crippen LogP contribution < -0.4 is 10.3 Å². The molecule has 3 rings (SSSR count). The quantitative estimate of drug-likeness (QED) is 0.670. The van der Waals surface area contributed by atoms with E-state index in [4.69, 9.17) is 27.6 Å². The Balaban J connectivity index is 1.72. The fraction of sp³-hybridized carbons (Fsp3) is 0.125. The molecule has 2 heterocycles. The number of hydrogen-bond donors (Lipinski definition) is 1. The SMILES string of the molecule is O=c1ccc(-c2ccco2)nn1CCNS(=O)(=O)c1ccc(Cl)c(Cl)c1.